The minimum atomic E-state index is -4.74. The summed E-state index contributed by atoms with van der Waals surface area (Å²) in [5, 5.41) is 27.7. The van der Waals surface area contributed by atoms with Crippen LogP contribution in [0, 0.1) is 5.92 Å². The Morgan fingerprint density at radius 3 is 2.43 bits per heavy atom. The Kier molecular flexibility index (Phi) is 8.46. The third-order valence-corrected chi connectivity index (χ3v) is 7.55. The summed E-state index contributed by atoms with van der Waals surface area (Å²) < 4.78 is 48.7. The van der Waals surface area contributed by atoms with Gasteiger partial charge in [-0.2, -0.15) is 23.3 Å². The topological polar surface area (TPSA) is 118 Å². The molecule has 4 aromatic rings. The van der Waals surface area contributed by atoms with Crippen LogP contribution in [0.1, 0.15) is 62.0 Å². The number of rotatable bonds is 9. The smallest absolute Gasteiger partial charge is 0.434 e. The molecule has 0 saturated carbocycles. The van der Waals surface area contributed by atoms with Crippen LogP contribution in [-0.4, -0.2) is 60.6 Å². The lowest BCUT2D eigenvalue weighted by Gasteiger charge is -2.33. The first-order chi connectivity index (χ1) is 20.0. The summed E-state index contributed by atoms with van der Waals surface area (Å²) in [6, 6.07) is 13.5. The number of alkyl halides is 3. The highest BCUT2D eigenvalue weighted by Crippen LogP contribution is 2.38. The molecule has 42 heavy (non-hydrogen) atoms. The van der Waals surface area contributed by atoms with Crippen molar-refractivity contribution in [1.82, 2.24) is 24.8 Å². The molecular weight excluding hydrogens is 551 g/mol. The van der Waals surface area contributed by atoms with E-state index < -0.39 is 23.9 Å². The fourth-order valence-electron chi connectivity index (χ4n) is 5.36. The SMILES string of the molecule is CC(C)c1ccc(-n2ncc(-c3nc(-c4ccc(C(O)CN5CCCC(CC(=O)O)C5)cc4)no3)c2C(F)(F)F)cc1. The van der Waals surface area contributed by atoms with E-state index in [0.29, 0.717) is 24.2 Å². The summed E-state index contributed by atoms with van der Waals surface area (Å²) in [6.45, 7) is 5.78. The number of halogens is 3. The van der Waals surface area contributed by atoms with E-state index in [1.165, 1.54) is 0 Å². The van der Waals surface area contributed by atoms with Crippen molar-refractivity contribution < 1.29 is 32.7 Å². The number of nitrogens with zero attached hydrogens (tertiary/aromatic N) is 5. The van der Waals surface area contributed by atoms with Gasteiger partial charge in [0.1, 0.15) is 0 Å². The van der Waals surface area contributed by atoms with Gasteiger partial charge in [0, 0.05) is 25.1 Å². The van der Waals surface area contributed by atoms with Crippen molar-refractivity contribution in [2.75, 3.05) is 19.6 Å². The van der Waals surface area contributed by atoms with E-state index in [1.807, 2.05) is 13.8 Å². The fraction of sp³-hybridized carbons (Fsp3) is 0.400. The van der Waals surface area contributed by atoms with E-state index in [2.05, 4.69) is 20.1 Å². The van der Waals surface area contributed by atoms with Crippen LogP contribution in [0.3, 0.4) is 0 Å². The second kappa shape index (κ2) is 12.1. The fourth-order valence-corrected chi connectivity index (χ4v) is 5.36. The summed E-state index contributed by atoms with van der Waals surface area (Å²) in [6.07, 6.45) is -2.61. The zero-order valence-corrected chi connectivity index (χ0v) is 23.3. The number of carboxylic acids is 1. The predicted molar refractivity (Wildman–Crippen MR) is 148 cm³/mol. The van der Waals surface area contributed by atoms with E-state index >= 15 is 0 Å². The van der Waals surface area contributed by atoms with Gasteiger partial charge in [0.2, 0.25) is 5.82 Å². The second-order valence-corrected chi connectivity index (χ2v) is 11.0. The van der Waals surface area contributed by atoms with Crippen molar-refractivity contribution in [1.29, 1.82) is 0 Å². The summed E-state index contributed by atoms with van der Waals surface area (Å²) in [5.41, 5.74) is 1.06. The summed E-state index contributed by atoms with van der Waals surface area (Å²) in [7, 11) is 0. The molecule has 1 aliphatic rings. The van der Waals surface area contributed by atoms with E-state index in [4.69, 9.17) is 9.63 Å². The number of carbonyl (C=O) groups is 1. The molecule has 2 N–H and O–H groups in total. The normalized spacial score (nSPS) is 17.1. The summed E-state index contributed by atoms with van der Waals surface area (Å²) in [4.78, 5) is 17.3. The largest absolute Gasteiger partial charge is 0.481 e. The van der Waals surface area contributed by atoms with Crippen LogP contribution in [-0.2, 0) is 11.0 Å². The number of carboxylic acid groups (broad SMARTS) is 1. The van der Waals surface area contributed by atoms with Crippen LogP contribution in [0.25, 0.3) is 28.5 Å². The molecule has 3 heterocycles. The van der Waals surface area contributed by atoms with E-state index in [0.717, 1.165) is 35.8 Å². The van der Waals surface area contributed by atoms with Crippen LogP contribution >= 0.6 is 0 Å². The van der Waals surface area contributed by atoms with E-state index in [1.54, 1.807) is 48.5 Å². The molecular formula is C30H32F3N5O4. The Morgan fingerprint density at radius 1 is 1.10 bits per heavy atom. The molecule has 0 spiro atoms. The van der Waals surface area contributed by atoms with Gasteiger partial charge in [-0.05, 0) is 54.5 Å². The van der Waals surface area contributed by atoms with Crippen molar-refractivity contribution >= 4 is 5.97 Å². The van der Waals surface area contributed by atoms with Gasteiger partial charge in [-0.15, -0.1) is 0 Å². The Hall–Kier alpha value is -4.03. The standard InChI is InChI=1S/C30H32F3N5O4/c1-18(2)20-9-11-23(12-10-20)38-27(30(31,32)33)24(15-34-38)29-35-28(36-42-29)22-7-5-21(6-8-22)25(39)17-37-13-3-4-19(16-37)14-26(40)41/h5-12,15,18-19,25,39H,3-4,13-14,16-17H2,1-2H3,(H,40,41). The number of benzene rings is 2. The van der Waals surface area contributed by atoms with Gasteiger partial charge in [0.05, 0.1) is 23.6 Å². The molecule has 9 nitrogen and oxygen atoms in total. The number of aliphatic carboxylic acids is 1. The molecule has 5 rings (SSSR count). The van der Waals surface area contributed by atoms with Gasteiger partial charge < -0.3 is 19.6 Å². The van der Waals surface area contributed by atoms with E-state index in [9.17, 15) is 23.1 Å². The molecule has 0 aliphatic carbocycles. The maximum atomic E-state index is 14.2. The van der Waals surface area contributed by atoms with Crippen molar-refractivity contribution in [3.8, 4) is 28.5 Å². The van der Waals surface area contributed by atoms with Gasteiger partial charge >= 0.3 is 12.1 Å². The molecule has 0 radical (unpaired) electrons. The summed E-state index contributed by atoms with van der Waals surface area (Å²) in [5.74, 6) is -0.735. The third-order valence-electron chi connectivity index (χ3n) is 7.55. The van der Waals surface area contributed by atoms with Gasteiger partial charge in [0.25, 0.3) is 5.89 Å². The number of hydrogen-bond acceptors (Lipinski definition) is 7. The number of aliphatic hydroxyl groups is 1. The van der Waals surface area contributed by atoms with Gasteiger partial charge in [0.15, 0.2) is 5.69 Å². The Labute approximate surface area is 240 Å². The minimum Gasteiger partial charge on any atom is -0.481 e. The number of hydrogen-bond donors (Lipinski definition) is 2. The van der Waals surface area contributed by atoms with Crippen LogP contribution in [0.2, 0.25) is 0 Å². The van der Waals surface area contributed by atoms with Crippen molar-refractivity contribution in [3.63, 3.8) is 0 Å². The molecule has 1 aliphatic heterocycles. The maximum absolute atomic E-state index is 14.2. The second-order valence-electron chi connectivity index (χ2n) is 11.0. The highest BCUT2D eigenvalue weighted by Gasteiger charge is 2.40. The lowest BCUT2D eigenvalue weighted by Crippen LogP contribution is -2.38. The van der Waals surface area contributed by atoms with E-state index in [-0.39, 0.29) is 41.2 Å². The molecule has 0 bridgehead atoms. The Morgan fingerprint density at radius 2 is 1.79 bits per heavy atom. The highest BCUT2D eigenvalue weighted by molar-refractivity contribution is 5.67. The highest BCUT2D eigenvalue weighted by atomic mass is 19.4. The first kappa shape index (κ1) is 29.5. The molecule has 0 amide bonds. The zero-order valence-electron chi connectivity index (χ0n) is 23.3. The van der Waals surface area contributed by atoms with Crippen LogP contribution in [0.15, 0.2) is 59.3 Å². The molecule has 1 saturated heterocycles. The molecule has 2 aromatic heterocycles. The molecule has 1 fully saturated rings. The number of piperidine rings is 1. The summed E-state index contributed by atoms with van der Waals surface area (Å²) >= 11 is 0. The van der Waals surface area contributed by atoms with Crippen LogP contribution in [0.5, 0.6) is 0 Å². The molecule has 12 heteroatoms. The maximum Gasteiger partial charge on any atom is 0.434 e. The number of aromatic nitrogens is 4. The Balaban J connectivity index is 1.32. The first-order valence-electron chi connectivity index (χ1n) is 13.8. The molecule has 2 atom stereocenters. The number of aliphatic hydroxyl groups excluding tert-OH is 1. The van der Waals surface area contributed by atoms with Crippen molar-refractivity contribution in [3.05, 3.63) is 71.5 Å². The van der Waals surface area contributed by atoms with Crippen molar-refractivity contribution in [2.24, 2.45) is 5.92 Å². The van der Waals surface area contributed by atoms with Crippen molar-refractivity contribution in [2.45, 2.75) is 51.3 Å². The molecule has 2 unspecified atom stereocenters. The number of β-amino-alcohol motifs (C(OH)–C–C–N with tert-alkyl or cyclic N) is 1. The Bertz CT molecular complexity index is 1510. The lowest BCUT2D eigenvalue weighted by molar-refractivity contribution is -0.142. The van der Waals surface area contributed by atoms with Crippen LogP contribution in [0.4, 0.5) is 13.2 Å². The minimum absolute atomic E-state index is 0.0636. The third kappa shape index (κ3) is 6.55. The quantitative estimate of drug-likeness (QED) is 0.248. The predicted octanol–water partition coefficient (Wildman–Crippen LogP) is 5.95. The average Bonchev–Trinajstić information content (AvgIpc) is 3.61. The first-order valence-corrected chi connectivity index (χ1v) is 13.8. The van der Waals surface area contributed by atoms with Gasteiger partial charge in [-0.25, -0.2) is 4.68 Å². The molecule has 2 aromatic carbocycles. The van der Waals surface area contributed by atoms with Gasteiger partial charge in [-0.1, -0.05) is 55.4 Å². The van der Waals surface area contributed by atoms with Gasteiger partial charge in [-0.3, -0.25) is 4.79 Å². The number of likely N-dealkylation sites (tertiary alicyclic amines) is 1. The lowest BCUT2D eigenvalue weighted by atomic mass is 9.94. The average molecular weight is 584 g/mol. The monoisotopic (exact) mass is 583 g/mol. The molecule has 222 valence electrons. The van der Waals surface area contributed by atoms with Crippen LogP contribution < -0.4 is 0 Å². The zero-order chi connectivity index (χ0) is 30.0.